The Morgan fingerprint density at radius 2 is 1.88 bits per heavy atom. The van der Waals surface area contributed by atoms with Crippen LogP contribution in [0.15, 0.2) is 0 Å². The predicted molar refractivity (Wildman–Crippen MR) is 40.0 cm³/mol. The van der Waals surface area contributed by atoms with Crippen molar-refractivity contribution in [2.75, 3.05) is 7.11 Å². The van der Waals surface area contributed by atoms with Crippen LogP contribution in [0.5, 0.6) is 0 Å². The summed E-state index contributed by atoms with van der Waals surface area (Å²) in [5.74, 6) is 0. The van der Waals surface area contributed by atoms with Crippen molar-refractivity contribution >= 4 is 28.7 Å². The molecular weight excluding hydrogens is 160 g/mol. The van der Waals surface area contributed by atoms with Crippen molar-refractivity contribution in [2.24, 2.45) is 0 Å². The summed E-state index contributed by atoms with van der Waals surface area (Å²) < 4.78 is 10.1. The van der Waals surface area contributed by atoms with Crippen LogP contribution in [-0.4, -0.2) is 24.7 Å². The third-order valence-corrected chi connectivity index (χ3v) is 5.33. The van der Waals surface area contributed by atoms with Gasteiger partial charge < -0.3 is 8.54 Å². The van der Waals surface area contributed by atoms with Gasteiger partial charge in [0.2, 0.25) is 0 Å². The highest BCUT2D eigenvalue weighted by Crippen LogP contribution is 1.94. The van der Waals surface area contributed by atoms with E-state index in [-0.39, 0.29) is 0 Å². The van der Waals surface area contributed by atoms with E-state index < -0.39 is 17.6 Å². The van der Waals surface area contributed by atoms with E-state index in [0.717, 1.165) is 0 Å². The Morgan fingerprint density at radius 3 is 2.00 bits per heavy atom. The number of hydrogen-bond donors (Lipinski definition) is 0. The maximum absolute atomic E-state index is 5.62. The fraction of sp³-hybridized carbons (Fsp3) is 1.00. The van der Waals surface area contributed by atoms with Crippen molar-refractivity contribution in [2.45, 2.75) is 13.1 Å². The molecule has 0 saturated heterocycles. The Morgan fingerprint density at radius 1 is 1.38 bits per heavy atom. The van der Waals surface area contributed by atoms with E-state index in [9.17, 15) is 0 Å². The molecule has 0 saturated carbocycles. The average Bonchev–Trinajstić information content (AvgIpc) is 1.65. The Balaban J connectivity index is 3.10. The second kappa shape index (κ2) is 4.52. The van der Waals surface area contributed by atoms with Gasteiger partial charge in [0.1, 0.15) is 0 Å². The molecule has 5 heteroatoms. The van der Waals surface area contributed by atoms with Crippen LogP contribution in [0, 0.1) is 0 Å². The molecule has 8 heavy (non-hydrogen) atoms. The molecule has 0 aliphatic rings. The Kier molecular flexibility index (Phi) is 4.88. The summed E-state index contributed by atoms with van der Waals surface area (Å²) in [6.07, 6.45) is 0. The smallest absolute Gasteiger partial charge is 0.308 e. The van der Waals surface area contributed by atoms with Gasteiger partial charge in [-0.2, -0.15) is 0 Å². The average molecular weight is 171 g/mol. The summed E-state index contributed by atoms with van der Waals surface area (Å²) in [4.78, 5) is 0. The van der Waals surface area contributed by atoms with Crippen molar-refractivity contribution < 1.29 is 8.54 Å². The highest BCUT2D eigenvalue weighted by atomic mass is 35.6. The normalized spacial score (nSPS) is 18.0. The number of rotatable bonds is 3. The zero-order chi connectivity index (χ0) is 6.57. The highest BCUT2D eigenvalue weighted by molar-refractivity contribution is 7.04. The van der Waals surface area contributed by atoms with Crippen LogP contribution in [0.2, 0.25) is 13.1 Å². The van der Waals surface area contributed by atoms with E-state index in [2.05, 4.69) is 0 Å². The van der Waals surface area contributed by atoms with Crippen LogP contribution in [-0.2, 0) is 8.54 Å². The van der Waals surface area contributed by atoms with Gasteiger partial charge in [-0.1, -0.05) is 0 Å². The minimum atomic E-state index is -1.34. The minimum absolute atomic E-state index is 1.31. The van der Waals surface area contributed by atoms with E-state index in [1.54, 1.807) is 7.11 Å². The standard InChI is InChI=1S/C3H11ClO2Si2/c1-5-8(3)6-7(2)4/h7-8H,1-3H3. The van der Waals surface area contributed by atoms with E-state index >= 15 is 0 Å². The topological polar surface area (TPSA) is 18.5 Å². The van der Waals surface area contributed by atoms with Gasteiger partial charge in [0, 0.05) is 7.11 Å². The number of halogens is 1. The SMILES string of the molecule is CO[SiH](C)O[SiH](C)Cl. The Bertz CT molecular complexity index is 61.2. The van der Waals surface area contributed by atoms with Gasteiger partial charge >= 0.3 is 9.28 Å². The van der Waals surface area contributed by atoms with Crippen LogP contribution in [0.3, 0.4) is 0 Å². The second-order valence-electron chi connectivity index (χ2n) is 1.48. The van der Waals surface area contributed by atoms with Crippen molar-refractivity contribution in [3.8, 4) is 0 Å². The van der Waals surface area contributed by atoms with E-state index in [1.807, 2.05) is 13.1 Å². The quantitative estimate of drug-likeness (QED) is 0.456. The molecule has 0 amide bonds. The second-order valence-corrected chi connectivity index (χ2v) is 7.11. The predicted octanol–water partition coefficient (Wildman–Crippen LogP) is 0.589. The van der Waals surface area contributed by atoms with Crippen molar-refractivity contribution in [3.05, 3.63) is 0 Å². The molecule has 0 bridgehead atoms. The molecule has 0 N–H and O–H groups in total. The van der Waals surface area contributed by atoms with E-state index in [1.165, 1.54) is 0 Å². The number of hydrogen-bond acceptors (Lipinski definition) is 2. The first-order valence-corrected chi connectivity index (χ1v) is 7.96. The van der Waals surface area contributed by atoms with Crippen molar-refractivity contribution in [1.82, 2.24) is 0 Å². The van der Waals surface area contributed by atoms with Crippen LogP contribution >= 0.6 is 11.1 Å². The molecule has 0 spiro atoms. The molecule has 0 radical (unpaired) electrons. The molecule has 0 aliphatic heterocycles. The minimum Gasteiger partial charge on any atom is -0.429 e. The zero-order valence-electron chi connectivity index (χ0n) is 5.35. The van der Waals surface area contributed by atoms with Gasteiger partial charge in [-0.3, -0.25) is 0 Å². The first-order valence-electron chi connectivity index (χ1n) is 2.49. The first-order chi connectivity index (χ1) is 3.66. The molecule has 0 fully saturated rings. The first kappa shape index (κ1) is 8.64. The third-order valence-electron chi connectivity index (χ3n) is 0.711. The summed E-state index contributed by atoms with van der Waals surface area (Å²) in [6, 6.07) is 0. The molecule has 0 aliphatic carbocycles. The van der Waals surface area contributed by atoms with Crippen LogP contribution in [0.1, 0.15) is 0 Å². The molecule has 2 nitrogen and oxygen atoms in total. The van der Waals surface area contributed by atoms with Gasteiger partial charge in [-0.25, -0.2) is 0 Å². The molecule has 0 aromatic carbocycles. The zero-order valence-corrected chi connectivity index (χ0v) is 8.41. The van der Waals surface area contributed by atoms with Crippen molar-refractivity contribution in [1.29, 1.82) is 0 Å². The summed E-state index contributed by atoms with van der Waals surface area (Å²) in [6.45, 7) is 3.88. The lowest BCUT2D eigenvalue weighted by atomic mass is 11.8. The lowest BCUT2D eigenvalue weighted by molar-refractivity contribution is 0.347. The summed E-state index contributed by atoms with van der Waals surface area (Å²) in [7, 11) is -0.989. The third kappa shape index (κ3) is 4.79. The van der Waals surface area contributed by atoms with Crippen LogP contribution in [0.25, 0.3) is 0 Å². The lowest BCUT2D eigenvalue weighted by Gasteiger charge is -2.09. The van der Waals surface area contributed by atoms with E-state index in [4.69, 9.17) is 19.6 Å². The molecule has 50 valence electrons. The summed E-state index contributed by atoms with van der Waals surface area (Å²) >= 11 is 5.62. The van der Waals surface area contributed by atoms with Gasteiger partial charge in [-0.15, -0.1) is 11.1 Å². The molecule has 0 heterocycles. The monoisotopic (exact) mass is 170 g/mol. The molecule has 0 aromatic rings. The molecule has 2 atom stereocenters. The molecule has 2 unspecified atom stereocenters. The van der Waals surface area contributed by atoms with Gasteiger partial charge in [0.25, 0.3) is 8.35 Å². The molecule has 0 rings (SSSR count). The Labute approximate surface area is 58.0 Å². The van der Waals surface area contributed by atoms with Gasteiger partial charge in [0.05, 0.1) is 0 Å². The van der Waals surface area contributed by atoms with Crippen molar-refractivity contribution in [3.63, 3.8) is 0 Å². The fourth-order valence-corrected chi connectivity index (χ4v) is 4.18. The van der Waals surface area contributed by atoms with E-state index in [0.29, 0.717) is 0 Å². The van der Waals surface area contributed by atoms with Gasteiger partial charge in [-0.05, 0) is 13.1 Å². The molecule has 0 aromatic heterocycles. The lowest BCUT2D eigenvalue weighted by Crippen LogP contribution is -2.22. The summed E-state index contributed by atoms with van der Waals surface area (Å²) in [5.41, 5.74) is 0. The van der Waals surface area contributed by atoms with Gasteiger partial charge in [0.15, 0.2) is 0 Å². The maximum Gasteiger partial charge on any atom is 0.308 e. The Hall–Kier alpha value is 0.644. The largest absolute Gasteiger partial charge is 0.429 e. The summed E-state index contributed by atoms with van der Waals surface area (Å²) in [5, 5.41) is 0. The fourth-order valence-electron chi connectivity index (χ4n) is 0.320. The highest BCUT2D eigenvalue weighted by Gasteiger charge is 2.06. The maximum atomic E-state index is 5.62. The van der Waals surface area contributed by atoms with Crippen LogP contribution < -0.4 is 0 Å². The molecular formula is C3H11ClO2Si2. The van der Waals surface area contributed by atoms with Crippen LogP contribution in [0.4, 0.5) is 0 Å².